The van der Waals surface area contributed by atoms with E-state index in [4.69, 9.17) is 0 Å². The van der Waals surface area contributed by atoms with Crippen molar-refractivity contribution in [2.24, 2.45) is 5.92 Å². The largest absolute Gasteiger partial charge is 0.298 e. The first-order chi connectivity index (χ1) is 7.79. The normalized spacial score (nSPS) is 25.7. The first-order valence-electron chi connectivity index (χ1n) is 6.04. The molecule has 0 saturated heterocycles. The van der Waals surface area contributed by atoms with Crippen LogP contribution < -0.4 is 0 Å². The van der Waals surface area contributed by atoms with Crippen LogP contribution in [0.5, 0.6) is 0 Å². The summed E-state index contributed by atoms with van der Waals surface area (Å²) in [5.41, 5.74) is 0. The molecule has 0 aromatic heterocycles. The molecule has 1 saturated carbocycles. The Morgan fingerprint density at radius 2 is 2.06 bits per heavy atom. The standard InChI is InChI=1S/C14H18OS/c1-2-11-8-9-13(15)14(10-11)16-12-6-4-3-5-7-12/h3-7,11,14H,2,8-10H2,1H3. The predicted octanol–water partition coefficient (Wildman–Crippen LogP) is 3.93. The summed E-state index contributed by atoms with van der Waals surface area (Å²) in [5.74, 6) is 1.19. The van der Waals surface area contributed by atoms with Crippen LogP contribution >= 0.6 is 11.8 Å². The van der Waals surface area contributed by atoms with Gasteiger partial charge in [0.05, 0.1) is 5.25 Å². The number of carbonyl (C=O) groups is 1. The molecule has 16 heavy (non-hydrogen) atoms. The van der Waals surface area contributed by atoms with Crippen molar-refractivity contribution in [3.63, 3.8) is 0 Å². The average molecular weight is 234 g/mol. The number of thioether (sulfide) groups is 1. The van der Waals surface area contributed by atoms with Gasteiger partial charge in [0.1, 0.15) is 5.78 Å². The Morgan fingerprint density at radius 1 is 1.31 bits per heavy atom. The third kappa shape index (κ3) is 2.88. The second-order valence-corrected chi connectivity index (χ2v) is 5.71. The summed E-state index contributed by atoms with van der Waals surface area (Å²) in [6.45, 7) is 2.23. The van der Waals surface area contributed by atoms with E-state index in [1.54, 1.807) is 11.8 Å². The topological polar surface area (TPSA) is 17.1 Å². The maximum atomic E-state index is 11.8. The number of benzene rings is 1. The van der Waals surface area contributed by atoms with E-state index in [1.807, 2.05) is 18.2 Å². The molecule has 1 fully saturated rings. The summed E-state index contributed by atoms with van der Waals surface area (Å²) in [4.78, 5) is 13.1. The molecule has 0 heterocycles. The number of hydrogen-bond acceptors (Lipinski definition) is 2. The Bertz CT molecular complexity index is 347. The van der Waals surface area contributed by atoms with Gasteiger partial charge >= 0.3 is 0 Å². The monoisotopic (exact) mass is 234 g/mol. The fourth-order valence-electron chi connectivity index (χ4n) is 2.21. The highest BCUT2D eigenvalue weighted by atomic mass is 32.2. The molecule has 0 radical (unpaired) electrons. The molecule has 0 amide bonds. The van der Waals surface area contributed by atoms with E-state index in [9.17, 15) is 4.79 Å². The van der Waals surface area contributed by atoms with E-state index in [0.29, 0.717) is 5.78 Å². The summed E-state index contributed by atoms with van der Waals surface area (Å²) >= 11 is 1.74. The van der Waals surface area contributed by atoms with Gasteiger partial charge in [-0.25, -0.2) is 0 Å². The van der Waals surface area contributed by atoms with E-state index >= 15 is 0 Å². The Hall–Kier alpha value is -0.760. The third-order valence-corrected chi connectivity index (χ3v) is 4.59. The van der Waals surface area contributed by atoms with Crippen LogP contribution in [0.4, 0.5) is 0 Å². The quantitative estimate of drug-likeness (QED) is 0.788. The van der Waals surface area contributed by atoms with Gasteiger partial charge in [-0.1, -0.05) is 31.5 Å². The summed E-state index contributed by atoms with van der Waals surface area (Å²) in [5, 5.41) is 0.195. The molecule has 1 aliphatic carbocycles. The molecule has 0 spiro atoms. The van der Waals surface area contributed by atoms with E-state index in [2.05, 4.69) is 19.1 Å². The lowest BCUT2D eigenvalue weighted by Crippen LogP contribution is -2.26. The van der Waals surface area contributed by atoms with Crippen LogP contribution in [-0.2, 0) is 4.79 Å². The van der Waals surface area contributed by atoms with Crippen molar-refractivity contribution < 1.29 is 4.79 Å². The Balaban J connectivity index is 2.00. The molecule has 86 valence electrons. The third-order valence-electron chi connectivity index (χ3n) is 3.30. The molecule has 0 bridgehead atoms. The zero-order chi connectivity index (χ0) is 11.4. The summed E-state index contributed by atoms with van der Waals surface area (Å²) in [7, 11) is 0. The number of rotatable bonds is 3. The lowest BCUT2D eigenvalue weighted by atomic mass is 9.86. The molecule has 0 aliphatic heterocycles. The minimum Gasteiger partial charge on any atom is -0.298 e. The summed E-state index contributed by atoms with van der Waals surface area (Å²) in [6, 6.07) is 10.3. The average Bonchev–Trinajstić information content (AvgIpc) is 2.33. The van der Waals surface area contributed by atoms with Crippen molar-refractivity contribution in [1.82, 2.24) is 0 Å². The van der Waals surface area contributed by atoms with Gasteiger partial charge in [0.25, 0.3) is 0 Å². The molecule has 0 N–H and O–H groups in total. The molecule has 2 rings (SSSR count). The van der Waals surface area contributed by atoms with Crippen LogP contribution in [-0.4, -0.2) is 11.0 Å². The van der Waals surface area contributed by atoms with Gasteiger partial charge in [0, 0.05) is 11.3 Å². The Labute approximate surface area is 102 Å². The molecule has 1 nitrogen and oxygen atoms in total. The number of Topliss-reactive ketones (excluding diaryl/α,β-unsaturated/α-hetero) is 1. The van der Waals surface area contributed by atoms with E-state index < -0.39 is 0 Å². The first kappa shape index (κ1) is 11.7. The summed E-state index contributed by atoms with van der Waals surface area (Å²) in [6.07, 6.45) is 4.15. The molecule has 1 aliphatic rings. The SMILES string of the molecule is CCC1CCC(=O)C(Sc2ccccc2)C1. The van der Waals surface area contributed by atoms with Crippen LogP contribution in [0.15, 0.2) is 35.2 Å². The van der Waals surface area contributed by atoms with Crippen molar-refractivity contribution in [2.45, 2.75) is 42.8 Å². The second-order valence-electron chi connectivity index (χ2n) is 4.43. The Morgan fingerprint density at radius 3 is 2.75 bits per heavy atom. The zero-order valence-electron chi connectivity index (χ0n) is 9.69. The smallest absolute Gasteiger partial charge is 0.146 e. The highest BCUT2D eigenvalue weighted by Gasteiger charge is 2.28. The minimum absolute atomic E-state index is 0.195. The molecular formula is C14H18OS. The Kier molecular flexibility index (Phi) is 4.05. The van der Waals surface area contributed by atoms with Crippen molar-refractivity contribution in [1.29, 1.82) is 0 Å². The van der Waals surface area contributed by atoms with Crippen molar-refractivity contribution >= 4 is 17.5 Å². The van der Waals surface area contributed by atoms with Crippen LogP contribution in [0.3, 0.4) is 0 Å². The fraction of sp³-hybridized carbons (Fsp3) is 0.500. The van der Waals surface area contributed by atoms with E-state index in [1.165, 1.54) is 11.3 Å². The molecule has 2 heteroatoms. The van der Waals surface area contributed by atoms with Gasteiger partial charge < -0.3 is 0 Å². The first-order valence-corrected chi connectivity index (χ1v) is 6.92. The van der Waals surface area contributed by atoms with Crippen molar-refractivity contribution in [3.8, 4) is 0 Å². The van der Waals surface area contributed by atoms with Gasteiger partial charge in [0.15, 0.2) is 0 Å². The van der Waals surface area contributed by atoms with Crippen molar-refractivity contribution in [2.75, 3.05) is 0 Å². The van der Waals surface area contributed by atoms with Gasteiger partial charge in [-0.3, -0.25) is 4.79 Å². The highest BCUT2D eigenvalue weighted by molar-refractivity contribution is 8.00. The number of hydrogen-bond donors (Lipinski definition) is 0. The minimum atomic E-state index is 0.195. The maximum absolute atomic E-state index is 11.8. The van der Waals surface area contributed by atoms with Crippen LogP contribution in [0.1, 0.15) is 32.6 Å². The van der Waals surface area contributed by atoms with E-state index in [-0.39, 0.29) is 5.25 Å². The number of ketones is 1. The van der Waals surface area contributed by atoms with E-state index in [0.717, 1.165) is 25.2 Å². The zero-order valence-corrected chi connectivity index (χ0v) is 10.5. The lowest BCUT2D eigenvalue weighted by molar-refractivity contribution is -0.120. The van der Waals surface area contributed by atoms with Crippen LogP contribution in [0, 0.1) is 5.92 Å². The van der Waals surface area contributed by atoms with Crippen molar-refractivity contribution in [3.05, 3.63) is 30.3 Å². The van der Waals surface area contributed by atoms with Gasteiger partial charge in [-0.2, -0.15) is 0 Å². The maximum Gasteiger partial charge on any atom is 0.146 e. The highest BCUT2D eigenvalue weighted by Crippen LogP contribution is 2.35. The summed E-state index contributed by atoms with van der Waals surface area (Å²) < 4.78 is 0. The molecule has 1 aromatic rings. The van der Waals surface area contributed by atoms with Crippen LogP contribution in [0.2, 0.25) is 0 Å². The number of carbonyl (C=O) groups excluding carboxylic acids is 1. The van der Waals surface area contributed by atoms with Crippen LogP contribution in [0.25, 0.3) is 0 Å². The second kappa shape index (κ2) is 5.53. The molecule has 2 atom stereocenters. The van der Waals surface area contributed by atoms with Gasteiger partial charge in [-0.15, -0.1) is 11.8 Å². The predicted molar refractivity (Wildman–Crippen MR) is 68.7 cm³/mol. The van der Waals surface area contributed by atoms with Gasteiger partial charge in [-0.05, 0) is 30.9 Å². The molecular weight excluding hydrogens is 216 g/mol. The molecule has 2 unspecified atom stereocenters. The lowest BCUT2D eigenvalue weighted by Gasteiger charge is -2.26. The van der Waals surface area contributed by atoms with Gasteiger partial charge in [0.2, 0.25) is 0 Å². The molecule has 1 aromatic carbocycles. The fourth-order valence-corrected chi connectivity index (χ4v) is 3.47.